The highest BCUT2D eigenvalue weighted by molar-refractivity contribution is 5.04. The number of hydrogen-bond acceptors (Lipinski definition) is 1. The highest BCUT2D eigenvalue weighted by Gasteiger charge is 2.00. The molecule has 1 nitrogen and oxygen atoms in total. The van der Waals surface area contributed by atoms with Crippen LogP contribution in [0.2, 0.25) is 0 Å². The zero-order chi connectivity index (χ0) is 9.36. The molecule has 76 valence electrons. The lowest BCUT2D eigenvalue weighted by molar-refractivity contribution is 0.605. The van der Waals surface area contributed by atoms with Gasteiger partial charge >= 0.3 is 0 Å². The quantitative estimate of drug-likeness (QED) is 0.518. The Morgan fingerprint density at radius 1 is 1.23 bits per heavy atom. The van der Waals surface area contributed by atoms with Crippen molar-refractivity contribution in [1.82, 2.24) is 5.32 Å². The van der Waals surface area contributed by atoms with E-state index in [0.717, 1.165) is 13.1 Å². The SMILES string of the molecule is CCCNCC1=CCCCCCC1. The second-order valence-electron chi connectivity index (χ2n) is 3.99. The first-order valence-corrected chi connectivity index (χ1v) is 5.82. The van der Waals surface area contributed by atoms with Crippen LogP contribution in [0.5, 0.6) is 0 Å². The van der Waals surface area contributed by atoms with E-state index < -0.39 is 0 Å². The minimum atomic E-state index is 1.13. The predicted molar refractivity (Wildman–Crippen MR) is 58.9 cm³/mol. The normalized spacial score (nSPS) is 19.0. The molecule has 0 aromatic rings. The van der Waals surface area contributed by atoms with Gasteiger partial charge in [-0.3, -0.25) is 0 Å². The number of rotatable bonds is 4. The molecule has 1 N–H and O–H groups in total. The van der Waals surface area contributed by atoms with Crippen LogP contribution >= 0.6 is 0 Å². The monoisotopic (exact) mass is 181 g/mol. The molecule has 0 fully saturated rings. The van der Waals surface area contributed by atoms with Gasteiger partial charge in [-0.05, 0) is 38.6 Å². The Balaban J connectivity index is 2.19. The molecule has 0 radical (unpaired) electrons. The van der Waals surface area contributed by atoms with Crippen molar-refractivity contribution >= 4 is 0 Å². The average Bonchev–Trinajstić information content (AvgIpc) is 2.08. The van der Waals surface area contributed by atoms with E-state index >= 15 is 0 Å². The lowest BCUT2D eigenvalue weighted by Crippen LogP contribution is -2.18. The first-order valence-electron chi connectivity index (χ1n) is 5.82. The smallest absolute Gasteiger partial charge is 0.0164 e. The largest absolute Gasteiger partial charge is 0.313 e. The summed E-state index contributed by atoms with van der Waals surface area (Å²) in [6.45, 7) is 4.52. The Morgan fingerprint density at radius 3 is 2.92 bits per heavy atom. The van der Waals surface area contributed by atoms with E-state index in [1.807, 2.05) is 0 Å². The summed E-state index contributed by atoms with van der Waals surface area (Å²) in [6.07, 6.45) is 12.0. The molecule has 0 aliphatic heterocycles. The topological polar surface area (TPSA) is 12.0 Å². The van der Waals surface area contributed by atoms with Crippen LogP contribution in [0.4, 0.5) is 0 Å². The summed E-state index contributed by atoms with van der Waals surface area (Å²) in [7, 11) is 0. The molecule has 0 bridgehead atoms. The second kappa shape index (κ2) is 7.14. The molecule has 1 aliphatic rings. The molecule has 0 atom stereocenters. The second-order valence-corrected chi connectivity index (χ2v) is 3.99. The molecule has 0 aromatic heterocycles. The Hall–Kier alpha value is -0.300. The Kier molecular flexibility index (Phi) is 5.92. The molecule has 1 aliphatic carbocycles. The van der Waals surface area contributed by atoms with E-state index in [-0.39, 0.29) is 0 Å². The zero-order valence-electron chi connectivity index (χ0n) is 8.94. The molecule has 0 spiro atoms. The van der Waals surface area contributed by atoms with Gasteiger partial charge in [0.2, 0.25) is 0 Å². The van der Waals surface area contributed by atoms with Crippen LogP contribution in [0.25, 0.3) is 0 Å². The maximum atomic E-state index is 3.48. The summed E-state index contributed by atoms with van der Waals surface area (Å²) in [5.74, 6) is 0. The standard InChI is InChI=1S/C12H23N/c1-2-10-13-11-12-8-6-4-3-5-7-9-12/h8,13H,2-7,9-11H2,1H3. The molecule has 13 heavy (non-hydrogen) atoms. The van der Waals surface area contributed by atoms with Crippen LogP contribution in [0.3, 0.4) is 0 Å². The molecule has 0 amide bonds. The van der Waals surface area contributed by atoms with Gasteiger partial charge in [-0.1, -0.05) is 31.4 Å². The molecular weight excluding hydrogens is 158 g/mol. The van der Waals surface area contributed by atoms with Crippen molar-refractivity contribution in [2.45, 2.75) is 51.9 Å². The van der Waals surface area contributed by atoms with Crippen molar-refractivity contribution < 1.29 is 0 Å². The summed E-state index contributed by atoms with van der Waals surface area (Å²) in [5, 5.41) is 3.48. The number of allylic oxidation sites excluding steroid dienone is 1. The first-order chi connectivity index (χ1) is 6.43. The van der Waals surface area contributed by atoms with Gasteiger partial charge < -0.3 is 5.32 Å². The highest BCUT2D eigenvalue weighted by Crippen LogP contribution is 2.16. The summed E-state index contributed by atoms with van der Waals surface area (Å²) in [4.78, 5) is 0. The summed E-state index contributed by atoms with van der Waals surface area (Å²) in [5.41, 5.74) is 1.65. The maximum Gasteiger partial charge on any atom is 0.0164 e. The van der Waals surface area contributed by atoms with Crippen LogP contribution in [0.1, 0.15) is 51.9 Å². The van der Waals surface area contributed by atoms with E-state index in [9.17, 15) is 0 Å². The molecule has 0 saturated heterocycles. The fraction of sp³-hybridized carbons (Fsp3) is 0.833. The minimum Gasteiger partial charge on any atom is -0.313 e. The highest BCUT2D eigenvalue weighted by atomic mass is 14.8. The maximum absolute atomic E-state index is 3.48. The summed E-state index contributed by atoms with van der Waals surface area (Å²) in [6, 6.07) is 0. The fourth-order valence-corrected chi connectivity index (χ4v) is 1.84. The van der Waals surface area contributed by atoms with Gasteiger partial charge in [0.05, 0.1) is 0 Å². The van der Waals surface area contributed by atoms with Gasteiger partial charge in [0, 0.05) is 6.54 Å². The van der Waals surface area contributed by atoms with Crippen LogP contribution in [0.15, 0.2) is 11.6 Å². The Bertz CT molecular complexity index is 149. The van der Waals surface area contributed by atoms with Crippen LogP contribution < -0.4 is 5.32 Å². The van der Waals surface area contributed by atoms with Gasteiger partial charge in [0.1, 0.15) is 0 Å². The van der Waals surface area contributed by atoms with Gasteiger partial charge in [-0.2, -0.15) is 0 Å². The predicted octanol–water partition coefficient (Wildman–Crippen LogP) is 3.27. The molecule has 1 rings (SSSR count). The molecule has 0 heterocycles. The molecule has 1 heteroatoms. The van der Waals surface area contributed by atoms with E-state index in [0.29, 0.717) is 0 Å². The van der Waals surface area contributed by atoms with Crippen molar-refractivity contribution in [1.29, 1.82) is 0 Å². The molecule has 0 aromatic carbocycles. The lowest BCUT2D eigenvalue weighted by atomic mass is 10.00. The Labute approximate surface area is 82.6 Å². The molecule has 0 saturated carbocycles. The minimum absolute atomic E-state index is 1.13. The third kappa shape index (κ3) is 5.09. The van der Waals surface area contributed by atoms with Crippen molar-refractivity contribution in [3.05, 3.63) is 11.6 Å². The number of nitrogens with one attached hydrogen (secondary N) is 1. The van der Waals surface area contributed by atoms with E-state index in [1.54, 1.807) is 5.57 Å². The number of hydrogen-bond donors (Lipinski definition) is 1. The van der Waals surface area contributed by atoms with Gasteiger partial charge in [-0.15, -0.1) is 0 Å². The lowest BCUT2D eigenvalue weighted by Gasteiger charge is -2.11. The van der Waals surface area contributed by atoms with E-state index in [2.05, 4.69) is 18.3 Å². The van der Waals surface area contributed by atoms with Crippen LogP contribution in [0, 0.1) is 0 Å². The van der Waals surface area contributed by atoms with Crippen LogP contribution in [-0.4, -0.2) is 13.1 Å². The van der Waals surface area contributed by atoms with E-state index in [1.165, 1.54) is 44.9 Å². The van der Waals surface area contributed by atoms with Crippen molar-refractivity contribution in [3.63, 3.8) is 0 Å². The van der Waals surface area contributed by atoms with Gasteiger partial charge in [0.25, 0.3) is 0 Å². The van der Waals surface area contributed by atoms with Crippen molar-refractivity contribution in [2.24, 2.45) is 0 Å². The molecule has 0 unspecified atom stereocenters. The van der Waals surface area contributed by atoms with Gasteiger partial charge in [0.15, 0.2) is 0 Å². The van der Waals surface area contributed by atoms with Crippen LogP contribution in [-0.2, 0) is 0 Å². The van der Waals surface area contributed by atoms with E-state index in [4.69, 9.17) is 0 Å². The summed E-state index contributed by atoms with van der Waals surface area (Å²) >= 11 is 0. The molecular formula is C12H23N. The first kappa shape index (κ1) is 10.8. The zero-order valence-corrected chi connectivity index (χ0v) is 8.94. The third-order valence-corrected chi connectivity index (χ3v) is 2.66. The fourth-order valence-electron chi connectivity index (χ4n) is 1.84. The van der Waals surface area contributed by atoms with Crippen molar-refractivity contribution in [3.8, 4) is 0 Å². The van der Waals surface area contributed by atoms with Crippen molar-refractivity contribution in [2.75, 3.05) is 13.1 Å². The summed E-state index contributed by atoms with van der Waals surface area (Å²) < 4.78 is 0. The Morgan fingerprint density at radius 2 is 2.08 bits per heavy atom. The van der Waals surface area contributed by atoms with Gasteiger partial charge in [-0.25, -0.2) is 0 Å². The average molecular weight is 181 g/mol. The third-order valence-electron chi connectivity index (χ3n) is 2.66.